The largest absolute Gasteiger partial charge is 0.381 e. The highest BCUT2D eigenvalue weighted by molar-refractivity contribution is 5.14. The quantitative estimate of drug-likeness (QED) is 0.836. The van der Waals surface area contributed by atoms with Crippen molar-refractivity contribution in [3.05, 3.63) is 47.6 Å². The molecule has 2 aromatic rings. The predicted octanol–water partition coefficient (Wildman–Crippen LogP) is 2.21. The number of ether oxygens (including phenoxy) is 1. The van der Waals surface area contributed by atoms with Crippen LogP contribution in [0.5, 0.6) is 0 Å². The van der Waals surface area contributed by atoms with Gasteiger partial charge in [0.15, 0.2) is 5.82 Å². The summed E-state index contributed by atoms with van der Waals surface area (Å²) in [4.78, 5) is 6.64. The zero-order chi connectivity index (χ0) is 13.8. The Kier molecular flexibility index (Phi) is 4.08. The highest BCUT2D eigenvalue weighted by atomic mass is 16.5. The van der Waals surface area contributed by atoms with Gasteiger partial charge in [0.05, 0.1) is 13.2 Å². The van der Waals surface area contributed by atoms with E-state index >= 15 is 0 Å². The number of rotatable bonds is 5. The van der Waals surface area contributed by atoms with Crippen LogP contribution >= 0.6 is 0 Å². The number of hydrogen-bond acceptors (Lipinski definition) is 5. The van der Waals surface area contributed by atoms with Crippen LogP contribution in [0.1, 0.15) is 29.6 Å². The van der Waals surface area contributed by atoms with E-state index in [0.717, 1.165) is 25.4 Å². The molecule has 1 saturated heterocycles. The second-order valence-corrected chi connectivity index (χ2v) is 5.26. The molecule has 20 heavy (non-hydrogen) atoms. The van der Waals surface area contributed by atoms with Crippen molar-refractivity contribution in [2.24, 2.45) is 0 Å². The van der Waals surface area contributed by atoms with Crippen molar-refractivity contribution in [3.63, 3.8) is 0 Å². The molecule has 0 spiro atoms. The fourth-order valence-electron chi connectivity index (χ4n) is 2.42. The van der Waals surface area contributed by atoms with Gasteiger partial charge >= 0.3 is 0 Å². The summed E-state index contributed by atoms with van der Waals surface area (Å²) in [7, 11) is 2.05. The topological polar surface area (TPSA) is 51.4 Å². The van der Waals surface area contributed by atoms with Gasteiger partial charge in [-0.1, -0.05) is 35.5 Å². The summed E-state index contributed by atoms with van der Waals surface area (Å²) in [6, 6.07) is 10.4. The average molecular weight is 273 g/mol. The lowest BCUT2D eigenvalue weighted by Crippen LogP contribution is -2.17. The lowest BCUT2D eigenvalue weighted by molar-refractivity contribution is 0.192. The number of benzene rings is 1. The average Bonchev–Trinajstić information content (AvgIpc) is 3.10. The maximum absolute atomic E-state index is 5.35. The Balaban J connectivity index is 1.57. The standard InChI is InChI=1S/C15H19N3O2/c1-18(9-12-5-3-2-4-6-12)10-14-16-15(17-20-14)13-7-8-19-11-13/h2-6,13H,7-11H2,1H3/t13-/m1/s1. The van der Waals surface area contributed by atoms with Gasteiger partial charge in [-0.05, 0) is 19.0 Å². The molecule has 0 aliphatic carbocycles. The second-order valence-electron chi connectivity index (χ2n) is 5.26. The Morgan fingerprint density at radius 2 is 2.10 bits per heavy atom. The zero-order valence-electron chi connectivity index (χ0n) is 11.7. The molecule has 1 atom stereocenters. The van der Waals surface area contributed by atoms with Crippen LogP contribution in [0.4, 0.5) is 0 Å². The molecule has 0 N–H and O–H groups in total. The first-order valence-electron chi connectivity index (χ1n) is 6.94. The minimum atomic E-state index is 0.298. The summed E-state index contributed by atoms with van der Waals surface area (Å²) in [5.74, 6) is 1.75. The summed E-state index contributed by atoms with van der Waals surface area (Å²) in [6.07, 6.45) is 0.985. The van der Waals surface area contributed by atoms with Crippen LogP contribution in [0.15, 0.2) is 34.9 Å². The van der Waals surface area contributed by atoms with Gasteiger partial charge in [-0.2, -0.15) is 4.98 Å². The van der Waals surface area contributed by atoms with Crippen LogP contribution in [0.25, 0.3) is 0 Å². The molecular weight excluding hydrogens is 254 g/mol. The summed E-state index contributed by atoms with van der Waals surface area (Å²) in [5, 5.41) is 4.07. The fraction of sp³-hybridized carbons (Fsp3) is 0.467. The third-order valence-corrected chi connectivity index (χ3v) is 3.48. The van der Waals surface area contributed by atoms with Gasteiger partial charge < -0.3 is 9.26 Å². The summed E-state index contributed by atoms with van der Waals surface area (Å²) < 4.78 is 10.7. The van der Waals surface area contributed by atoms with Gasteiger partial charge in [0.2, 0.25) is 5.89 Å². The molecular formula is C15H19N3O2. The van der Waals surface area contributed by atoms with Crippen LogP contribution in [-0.2, 0) is 17.8 Å². The summed E-state index contributed by atoms with van der Waals surface area (Å²) in [5.41, 5.74) is 1.28. The molecule has 2 heterocycles. The number of nitrogens with zero attached hydrogens (tertiary/aromatic N) is 3. The van der Waals surface area contributed by atoms with Gasteiger partial charge in [0, 0.05) is 19.1 Å². The zero-order valence-corrected chi connectivity index (χ0v) is 11.7. The molecule has 1 aromatic heterocycles. The van der Waals surface area contributed by atoms with Crippen LogP contribution in [0.3, 0.4) is 0 Å². The third kappa shape index (κ3) is 3.23. The number of aromatic nitrogens is 2. The van der Waals surface area contributed by atoms with E-state index in [-0.39, 0.29) is 0 Å². The Labute approximate surface area is 118 Å². The first-order chi connectivity index (χ1) is 9.81. The Morgan fingerprint density at radius 3 is 2.85 bits per heavy atom. The van der Waals surface area contributed by atoms with E-state index in [4.69, 9.17) is 9.26 Å². The molecule has 0 bridgehead atoms. The van der Waals surface area contributed by atoms with Crippen LogP contribution in [0.2, 0.25) is 0 Å². The minimum absolute atomic E-state index is 0.298. The van der Waals surface area contributed by atoms with Crippen LogP contribution in [-0.4, -0.2) is 35.3 Å². The number of hydrogen-bond donors (Lipinski definition) is 0. The summed E-state index contributed by atoms with van der Waals surface area (Å²) in [6.45, 7) is 3.03. The van der Waals surface area contributed by atoms with E-state index in [9.17, 15) is 0 Å². The normalized spacial score (nSPS) is 18.8. The smallest absolute Gasteiger partial charge is 0.240 e. The minimum Gasteiger partial charge on any atom is -0.381 e. The van der Waals surface area contributed by atoms with E-state index in [1.54, 1.807) is 0 Å². The molecule has 1 aliphatic heterocycles. The van der Waals surface area contributed by atoms with Crippen molar-refractivity contribution in [1.29, 1.82) is 0 Å². The Bertz CT molecular complexity index is 535. The van der Waals surface area contributed by atoms with Gasteiger partial charge in [0.25, 0.3) is 0 Å². The molecule has 106 valence electrons. The van der Waals surface area contributed by atoms with E-state index in [2.05, 4.69) is 34.2 Å². The highest BCUT2D eigenvalue weighted by Gasteiger charge is 2.23. The van der Waals surface area contributed by atoms with Crippen molar-refractivity contribution >= 4 is 0 Å². The van der Waals surface area contributed by atoms with E-state index in [1.165, 1.54) is 5.56 Å². The summed E-state index contributed by atoms with van der Waals surface area (Å²) >= 11 is 0. The SMILES string of the molecule is CN(Cc1ccccc1)Cc1nc([C@@H]2CCOC2)no1. The van der Waals surface area contributed by atoms with Crippen molar-refractivity contribution in [2.75, 3.05) is 20.3 Å². The molecule has 1 aliphatic rings. The van der Waals surface area contributed by atoms with Gasteiger partial charge in [-0.15, -0.1) is 0 Å². The second kappa shape index (κ2) is 6.15. The molecule has 5 heteroatoms. The highest BCUT2D eigenvalue weighted by Crippen LogP contribution is 2.22. The molecule has 1 fully saturated rings. The first kappa shape index (κ1) is 13.3. The molecule has 0 amide bonds. The van der Waals surface area contributed by atoms with Crippen LogP contribution in [0, 0.1) is 0 Å². The lowest BCUT2D eigenvalue weighted by atomic mass is 10.1. The first-order valence-corrected chi connectivity index (χ1v) is 6.94. The maximum Gasteiger partial charge on any atom is 0.240 e. The molecule has 3 rings (SSSR count). The van der Waals surface area contributed by atoms with Crippen molar-refractivity contribution < 1.29 is 9.26 Å². The van der Waals surface area contributed by atoms with Gasteiger partial charge in [-0.3, -0.25) is 4.90 Å². The Morgan fingerprint density at radius 1 is 1.25 bits per heavy atom. The van der Waals surface area contributed by atoms with E-state index < -0.39 is 0 Å². The van der Waals surface area contributed by atoms with Crippen molar-refractivity contribution in [1.82, 2.24) is 15.0 Å². The van der Waals surface area contributed by atoms with Crippen molar-refractivity contribution in [2.45, 2.75) is 25.4 Å². The van der Waals surface area contributed by atoms with Gasteiger partial charge in [-0.25, -0.2) is 0 Å². The van der Waals surface area contributed by atoms with Gasteiger partial charge in [0.1, 0.15) is 0 Å². The van der Waals surface area contributed by atoms with E-state index in [0.29, 0.717) is 25.0 Å². The maximum atomic E-state index is 5.35. The van der Waals surface area contributed by atoms with E-state index in [1.807, 2.05) is 18.2 Å². The third-order valence-electron chi connectivity index (χ3n) is 3.48. The molecule has 0 unspecified atom stereocenters. The Hall–Kier alpha value is -1.72. The molecule has 5 nitrogen and oxygen atoms in total. The lowest BCUT2D eigenvalue weighted by Gasteiger charge is -2.13. The predicted molar refractivity (Wildman–Crippen MR) is 74.1 cm³/mol. The monoisotopic (exact) mass is 273 g/mol. The molecule has 0 saturated carbocycles. The van der Waals surface area contributed by atoms with Crippen molar-refractivity contribution in [3.8, 4) is 0 Å². The molecule has 1 aromatic carbocycles. The van der Waals surface area contributed by atoms with Crippen LogP contribution < -0.4 is 0 Å². The fourth-order valence-corrected chi connectivity index (χ4v) is 2.42. The molecule has 0 radical (unpaired) electrons.